The Kier molecular flexibility index (Phi) is 3.91. The van der Waals surface area contributed by atoms with Gasteiger partial charge >= 0.3 is 0 Å². The van der Waals surface area contributed by atoms with Crippen molar-refractivity contribution in [1.29, 1.82) is 0 Å². The van der Waals surface area contributed by atoms with Gasteiger partial charge < -0.3 is 5.32 Å². The predicted molar refractivity (Wildman–Crippen MR) is 82.5 cm³/mol. The van der Waals surface area contributed by atoms with E-state index in [9.17, 15) is 0 Å². The van der Waals surface area contributed by atoms with E-state index in [1.165, 1.54) is 16.5 Å². The number of aromatic nitrogens is 1. The molecule has 0 saturated carbocycles. The summed E-state index contributed by atoms with van der Waals surface area (Å²) in [6.45, 7) is 6.56. The Labute approximate surface area is 117 Å². The molecule has 0 spiro atoms. The number of rotatable bonds is 3. The van der Waals surface area contributed by atoms with Gasteiger partial charge in [-0.25, -0.2) is 4.98 Å². The maximum Gasteiger partial charge on any atom is 0.129 e. The Morgan fingerprint density at radius 3 is 2.56 bits per heavy atom. The molecular weight excluding hydrogens is 288 g/mol. The van der Waals surface area contributed by atoms with Crippen molar-refractivity contribution in [3.05, 3.63) is 33.8 Å². The Balaban J connectivity index is 2.78. The summed E-state index contributed by atoms with van der Waals surface area (Å²) in [6.07, 6.45) is 0.993. The molecule has 0 fully saturated rings. The molecule has 96 valence electrons. The Hall–Kier alpha value is -1.09. The van der Waals surface area contributed by atoms with Gasteiger partial charge in [0.05, 0.1) is 5.52 Å². The second-order valence-corrected chi connectivity index (χ2v) is 5.74. The molecular formula is C15H19BrN2. The highest BCUT2D eigenvalue weighted by atomic mass is 79.9. The van der Waals surface area contributed by atoms with E-state index in [4.69, 9.17) is 4.98 Å². The second kappa shape index (κ2) is 5.27. The van der Waals surface area contributed by atoms with E-state index in [1.807, 2.05) is 7.05 Å². The van der Waals surface area contributed by atoms with Gasteiger partial charge in [0.1, 0.15) is 5.82 Å². The number of benzene rings is 1. The maximum atomic E-state index is 4.79. The zero-order chi connectivity index (χ0) is 13.3. The lowest BCUT2D eigenvalue weighted by molar-refractivity contribution is 0.864. The summed E-state index contributed by atoms with van der Waals surface area (Å²) in [5.41, 5.74) is 3.66. The van der Waals surface area contributed by atoms with E-state index >= 15 is 0 Å². The lowest BCUT2D eigenvalue weighted by Gasteiger charge is -2.14. The summed E-state index contributed by atoms with van der Waals surface area (Å²) in [5.74, 6) is 1.46. The molecule has 0 saturated heterocycles. The highest BCUT2D eigenvalue weighted by Gasteiger charge is 2.11. The van der Waals surface area contributed by atoms with Gasteiger partial charge in [0.15, 0.2) is 0 Å². The van der Waals surface area contributed by atoms with Gasteiger partial charge in [0.2, 0.25) is 0 Å². The standard InChI is InChI=1S/C15H19BrN2/c1-5-10-6-12(16)7-11-8-13(9(2)3)15(17-4)18-14(10)11/h6-9H,5H2,1-4H3,(H,17,18). The zero-order valence-electron chi connectivity index (χ0n) is 11.3. The molecule has 1 N–H and O–H groups in total. The minimum atomic E-state index is 0.466. The number of hydrogen-bond acceptors (Lipinski definition) is 2. The minimum absolute atomic E-state index is 0.466. The summed E-state index contributed by atoms with van der Waals surface area (Å²) in [5, 5.41) is 4.42. The Bertz CT molecular complexity index is 576. The van der Waals surface area contributed by atoms with Crippen molar-refractivity contribution in [2.75, 3.05) is 12.4 Å². The third-order valence-corrected chi connectivity index (χ3v) is 3.69. The summed E-state index contributed by atoms with van der Waals surface area (Å²) >= 11 is 3.58. The van der Waals surface area contributed by atoms with E-state index in [0.29, 0.717) is 5.92 Å². The van der Waals surface area contributed by atoms with Crippen molar-refractivity contribution >= 4 is 32.7 Å². The van der Waals surface area contributed by atoms with Crippen molar-refractivity contribution in [1.82, 2.24) is 4.98 Å². The molecule has 3 heteroatoms. The minimum Gasteiger partial charge on any atom is -0.373 e. The van der Waals surface area contributed by atoms with Crippen LogP contribution < -0.4 is 5.32 Å². The maximum absolute atomic E-state index is 4.79. The Morgan fingerprint density at radius 1 is 1.28 bits per heavy atom. The number of hydrogen-bond donors (Lipinski definition) is 1. The number of anilines is 1. The zero-order valence-corrected chi connectivity index (χ0v) is 12.9. The fourth-order valence-corrected chi connectivity index (χ4v) is 2.77. The average Bonchev–Trinajstić information content (AvgIpc) is 2.35. The molecule has 1 aromatic heterocycles. The van der Waals surface area contributed by atoms with Crippen molar-refractivity contribution in [2.24, 2.45) is 0 Å². The number of fused-ring (bicyclic) bond motifs is 1. The third-order valence-electron chi connectivity index (χ3n) is 3.23. The number of nitrogens with zero attached hydrogens (tertiary/aromatic N) is 1. The van der Waals surface area contributed by atoms with E-state index in [0.717, 1.165) is 22.2 Å². The van der Waals surface area contributed by atoms with E-state index < -0.39 is 0 Å². The first-order valence-corrected chi connectivity index (χ1v) is 7.17. The van der Waals surface area contributed by atoms with Crippen LogP contribution >= 0.6 is 15.9 Å². The summed E-state index contributed by atoms with van der Waals surface area (Å²) < 4.78 is 1.13. The molecule has 1 heterocycles. The third kappa shape index (κ3) is 2.37. The fraction of sp³-hybridized carbons (Fsp3) is 0.400. The highest BCUT2D eigenvalue weighted by molar-refractivity contribution is 9.10. The van der Waals surface area contributed by atoms with Gasteiger partial charge in [0, 0.05) is 16.9 Å². The first-order chi connectivity index (χ1) is 8.56. The van der Waals surface area contributed by atoms with E-state index in [1.54, 1.807) is 0 Å². The van der Waals surface area contributed by atoms with Crippen LogP contribution in [0.1, 0.15) is 37.8 Å². The second-order valence-electron chi connectivity index (χ2n) is 4.82. The van der Waals surface area contributed by atoms with Gasteiger partial charge in [-0.15, -0.1) is 0 Å². The molecule has 1 aromatic carbocycles. The predicted octanol–water partition coefficient (Wildman–Crippen LogP) is 4.72. The van der Waals surface area contributed by atoms with Crippen molar-refractivity contribution < 1.29 is 0 Å². The SMILES string of the molecule is CCc1cc(Br)cc2cc(C(C)C)c(NC)nc12. The topological polar surface area (TPSA) is 24.9 Å². The summed E-state index contributed by atoms with van der Waals surface area (Å²) in [4.78, 5) is 4.79. The van der Waals surface area contributed by atoms with Crippen LogP contribution in [0, 0.1) is 0 Å². The van der Waals surface area contributed by atoms with Crippen molar-refractivity contribution in [3.63, 3.8) is 0 Å². The summed E-state index contributed by atoms with van der Waals surface area (Å²) in [6, 6.07) is 6.55. The molecule has 18 heavy (non-hydrogen) atoms. The number of aryl methyl sites for hydroxylation is 1. The largest absolute Gasteiger partial charge is 0.373 e. The molecule has 0 radical (unpaired) electrons. The first-order valence-electron chi connectivity index (χ1n) is 6.37. The van der Waals surface area contributed by atoms with Crippen LogP contribution in [0.25, 0.3) is 10.9 Å². The van der Waals surface area contributed by atoms with Crippen LogP contribution in [0.15, 0.2) is 22.7 Å². The normalized spacial score (nSPS) is 11.2. The molecule has 0 aliphatic carbocycles. The van der Waals surface area contributed by atoms with Crippen LogP contribution in [-0.2, 0) is 6.42 Å². The van der Waals surface area contributed by atoms with Gasteiger partial charge in [-0.1, -0.05) is 36.7 Å². The average molecular weight is 307 g/mol. The van der Waals surface area contributed by atoms with Gasteiger partial charge in [0.25, 0.3) is 0 Å². The molecule has 2 nitrogen and oxygen atoms in total. The van der Waals surface area contributed by atoms with Crippen LogP contribution in [-0.4, -0.2) is 12.0 Å². The molecule has 2 rings (SSSR count). The van der Waals surface area contributed by atoms with E-state index in [-0.39, 0.29) is 0 Å². The monoisotopic (exact) mass is 306 g/mol. The first kappa shape index (κ1) is 13.3. The molecule has 2 aromatic rings. The van der Waals surface area contributed by atoms with E-state index in [2.05, 4.69) is 60.2 Å². The number of pyridine rings is 1. The van der Waals surface area contributed by atoms with Crippen LogP contribution in [0.5, 0.6) is 0 Å². The molecule has 0 atom stereocenters. The quantitative estimate of drug-likeness (QED) is 0.887. The molecule has 0 aliphatic rings. The number of halogens is 1. The van der Waals surface area contributed by atoms with Crippen LogP contribution in [0.3, 0.4) is 0 Å². The van der Waals surface area contributed by atoms with Gasteiger partial charge in [-0.05, 0) is 41.7 Å². The Morgan fingerprint density at radius 2 is 2.00 bits per heavy atom. The van der Waals surface area contributed by atoms with Gasteiger partial charge in [-0.2, -0.15) is 0 Å². The van der Waals surface area contributed by atoms with Crippen LogP contribution in [0.2, 0.25) is 0 Å². The summed E-state index contributed by atoms with van der Waals surface area (Å²) in [7, 11) is 1.94. The molecule has 0 unspecified atom stereocenters. The molecule has 0 aliphatic heterocycles. The van der Waals surface area contributed by atoms with Crippen LogP contribution in [0.4, 0.5) is 5.82 Å². The smallest absolute Gasteiger partial charge is 0.129 e. The lowest BCUT2D eigenvalue weighted by atomic mass is 10.00. The highest BCUT2D eigenvalue weighted by Crippen LogP contribution is 2.30. The van der Waals surface area contributed by atoms with Crippen molar-refractivity contribution in [2.45, 2.75) is 33.1 Å². The van der Waals surface area contributed by atoms with Crippen molar-refractivity contribution in [3.8, 4) is 0 Å². The molecule has 0 bridgehead atoms. The molecule has 0 amide bonds. The lowest BCUT2D eigenvalue weighted by Crippen LogP contribution is -2.02. The van der Waals surface area contributed by atoms with Gasteiger partial charge in [-0.3, -0.25) is 0 Å². The fourth-order valence-electron chi connectivity index (χ4n) is 2.25. The number of nitrogens with one attached hydrogen (secondary N) is 1.